The van der Waals surface area contributed by atoms with Gasteiger partial charge in [0.25, 0.3) is 0 Å². The molecule has 4 aliphatic carbocycles. The van der Waals surface area contributed by atoms with E-state index in [1.807, 2.05) is 0 Å². The zero-order chi connectivity index (χ0) is 15.5. The van der Waals surface area contributed by atoms with E-state index in [1.165, 1.54) is 51.4 Å². The van der Waals surface area contributed by atoms with Gasteiger partial charge in [-0.25, -0.2) is 0 Å². The van der Waals surface area contributed by atoms with Crippen LogP contribution < -0.4 is 0 Å². The Hall–Kier alpha value is -0.0400. The van der Waals surface area contributed by atoms with Crippen molar-refractivity contribution in [1.82, 2.24) is 0 Å². The molecule has 0 heterocycles. The van der Waals surface area contributed by atoms with E-state index in [4.69, 9.17) is 0 Å². The van der Waals surface area contributed by atoms with Crippen LogP contribution in [0.1, 0.15) is 85.0 Å². The number of hydrogen-bond acceptors (Lipinski definition) is 1. The van der Waals surface area contributed by atoms with Crippen LogP contribution in [0.2, 0.25) is 0 Å². The van der Waals surface area contributed by atoms with Crippen LogP contribution >= 0.6 is 0 Å². The van der Waals surface area contributed by atoms with Gasteiger partial charge in [0.1, 0.15) is 0 Å². The highest BCUT2D eigenvalue weighted by Crippen LogP contribution is 2.65. The molecule has 0 amide bonds. The van der Waals surface area contributed by atoms with Gasteiger partial charge in [-0.05, 0) is 106 Å². The van der Waals surface area contributed by atoms with Crippen LogP contribution in [0.3, 0.4) is 0 Å². The highest BCUT2D eigenvalue weighted by molar-refractivity contribution is 5.06. The topological polar surface area (TPSA) is 20.2 Å². The average Bonchev–Trinajstić information content (AvgIpc) is 2.82. The van der Waals surface area contributed by atoms with Gasteiger partial charge in [0, 0.05) is 0 Å². The van der Waals surface area contributed by atoms with Crippen LogP contribution in [0, 0.1) is 40.9 Å². The molecule has 22 heavy (non-hydrogen) atoms. The van der Waals surface area contributed by atoms with Gasteiger partial charge in [-0.3, -0.25) is 0 Å². The SMILES string of the molecule is CCC1CCC2C3CC[C@@H]4C[C@](C)(O)CC[C@@H]4C3CC[C@]12C. The normalized spacial score (nSPS) is 57.8. The van der Waals surface area contributed by atoms with E-state index in [9.17, 15) is 5.11 Å². The van der Waals surface area contributed by atoms with E-state index in [2.05, 4.69) is 20.8 Å². The Morgan fingerprint density at radius 3 is 2.41 bits per heavy atom. The lowest BCUT2D eigenvalue weighted by Gasteiger charge is -2.57. The molecule has 1 N–H and O–H groups in total. The fourth-order valence-corrected chi connectivity index (χ4v) is 7.86. The van der Waals surface area contributed by atoms with Gasteiger partial charge in [0.2, 0.25) is 0 Å². The van der Waals surface area contributed by atoms with Crippen molar-refractivity contribution in [3.05, 3.63) is 0 Å². The minimum Gasteiger partial charge on any atom is -0.390 e. The smallest absolute Gasteiger partial charge is 0.0622 e. The molecule has 0 aromatic heterocycles. The van der Waals surface area contributed by atoms with Crippen LogP contribution in [0.5, 0.6) is 0 Å². The maximum atomic E-state index is 10.5. The molecular weight excluding hydrogens is 268 g/mol. The Bertz CT molecular complexity index is 428. The molecule has 0 aromatic rings. The Balaban J connectivity index is 1.54. The quantitative estimate of drug-likeness (QED) is 0.686. The summed E-state index contributed by atoms with van der Waals surface area (Å²) in [5.74, 6) is 5.84. The first kappa shape index (κ1) is 15.5. The summed E-state index contributed by atoms with van der Waals surface area (Å²) < 4.78 is 0. The van der Waals surface area contributed by atoms with Gasteiger partial charge in [0.15, 0.2) is 0 Å². The predicted molar refractivity (Wildman–Crippen MR) is 91.5 cm³/mol. The number of rotatable bonds is 1. The van der Waals surface area contributed by atoms with Crippen LogP contribution in [0.4, 0.5) is 0 Å². The molecule has 0 saturated heterocycles. The van der Waals surface area contributed by atoms with E-state index in [1.54, 1.807) is 0 Å². The average molecular weight is 305 g/mol. The standard InChI is InChI=1S/C21H36O/c1-4-15-6-8-19-18-7-5-14-13-20(2,22)11-9-16(14)17(18)10-12-21(15,19)3/h14-19,22H,4-13H2,1-3H3/t14-,15?,16+,17?,18?,19?,20-,21-/m1/s1. The first-order valence-corrected chi connectivity index (χ1v) is 10.2. The molecule has 1 nitrogen and oxygen atoms in total. The molecule has 4 rings (SSSR count). The summed E-state index contributed by atoms with van der Waals surface area (Å²) in [5.41, 5.74) is 0.306. The number of hydrogen-bond donors (Lipinski definition) is 1. The van der Waals surface area contributed by atoms with Crippen molar-refractivity contribution in [2.75, 3.05) is 0 Å². The van der Waals surface area contributed by atoms with Crippen molar-refractivity contribution < 1.29 is 5.11 Å². The van der Waals surface area contributed by atoms with Crippen molar-refractivity contribution in [3.8, 4) is 0 Å². The minimum absolute atomic E-state index is 0.363. The van der Waals surface area contributed by atoms with E-state index in [0.717, 1.165) is 48.3 Å². The second-order valence-corrected chi connectivity index (χ2v) is 9.90. The Morgan fingerprint density at radius 2 is 1.64 bits per heavy atom. The third-order valence-electron chi connectivity index (χ3n) is 8.93. The van der Waals surface area contributed by atoms with Crippen molar-refractivity contribution in [2.24, 2.45) is 40.9 Å². The summed E-state index contributed by atoms with van der Waals surface area (Å²) >= 11 is 0. The third kappa shape index (κ3) is 2.21. The lowest BCUT2D eigenvalue weighted by molar-refractivity contribution is -0.0997. The molecule has 126 valence electrons. The fourth-order valence-electron chi connectivity index (χ4n) is 7.86. The van der Waals surface area contributed by atoms with Crippen LogP contribution in [-0.4, -0.2) is 10.7 Å². The molecule has 0 aliphatic heterocycles. The van der Waals surface area contributed by atoms with Crippen molar-refractivity contribution in [3.63, 3.8) is 0 Å². The van der Waals surface area contributed by atoms with Gasteiger partial charge in [-0.2, -0.15) is 0 Å². The van der Waals surface area contributed by atoms with E-state index in [0.29, 0.717) is 5.41 Å². The zero-order valence-corrected chi connectivity index (χ0v) is 15.0. The second kappa shape index (κ2) is 5.23. The van der Waals surface area contributed by atoms with Crippen LogP contribution in [-0.2, 0) is 0 Å². The summed E-state index contributed by atoms with van der Waals surface area (Å²) in [7, 11) is 0. The Kier molecular flexibility index (Phi) is 3.68. The summed E-state index contributed by atoms with van der Waals surface area (Å²) in [6, 6.07) is 0. The zero-order valence-electron chi connectivity index (χ0n) is 15.0. The van der Waals surface area contributed by atoms with E-state index < -0.39 is 0 Å². The second-order valence-electron chi connectivity index (χ2n) is 9.90. The molecule has 4 fully saturated rings. The molecule has 0 aromatic carbocycles. The maximum Gasteiger partial charge on any atom is 0.0622 e. The summed E-state index contributed by atoms with van der Waals surface area (Å²) in [6.45, 7) is 7.15. The summed E-state index contributed by atoms with van der Waals surface area (Å²) in [6.07, 6.45) is 13.7. The molecule has 4 saturated carbocycles. The van der Waals surface area contributed by atoms with Crippen LogP contribution in [0.25, 0.3) is 0 Å². The molecule has 1 heteroatoms. The Labute approximate surface area is 137 Å². The van der Waals surface area contributed by atoms with Gasteiger partial charge in [-0.1, -0.05) is 20.3 Å². The monoisotopic (exact) mass is 304 g/mol. The third-order valence-corrected chi connectivity index (χ3v) is 8.93. The van der Waals surface area contributed by atoms with Crippen molar-refractivity contribution in [1.29, 1.82) is 0 Å². The molecule has 4 unspecified atom stereocenters. The van der Waals surface area contributed by atoms with E-state index in [-0.39, 0.29) is 5.60 Å². The fraction of sp³-hybridized carbons (Fsp3) is 1.00. The largest absolute Gasteiger partial charge is 0.390 e. The Morgan fingerprint density at radius 1 is 0.864 bits per heavy atom. The number of aliphatic hydroxyl groups is 1. The maximum absolute atomic E-state index is 10.5. The van der Waals surface area contributed by atoms with Crippen molar-refractivity contribution >= 4 is 0 Å². The number of fused-ring (bicyclic) bond motifs is 5. The minimum atomic E-state index is -0.363. The molecular formula is C21H36O. The predicted octanol–water partition coefficient (Wildman–Crippen LogP) is 5.42. The highest BCUT2D eigenvalue weighted by Gasteiger charge is 2.56. The molecule has 8 atom stereocenters. The van der Waals surface area contributed by atoms with Gasteiger partial charge in [0.05, 0.1) is 5.60 Å². The molecule has 0 spiro atoms. The van der Waals surface area contributed by atoms with Crippen molar-refractivity contribution in [2.45, 2.75) is 90.6 Å². The lowest BCUT2D eigenvalue weighted by Crippen LogP contribution is -2.50. The lowest BCUT2D eigenvalue weighted by atomic mass is 9.49. The molecule has 4 aliphatic rings. The highest BCUT2D eigenvalue weighted by atomic mass is 16.3. The summed E-state index contributed by atoms with van der Waals surface area (Å²) in [5, 5.41) is 10.5. The summed E-state index contributed by atoms with van der Waals surface area (Å²) in [4.78, 5) is 0. The first-order valence-electron chi connectivity index (χ1n) is 10.2. The molecule has 0 bridgehead atoms. The molecule has 0 radical (unpaired) electrons. The van der Waals surface area contributed by atoms with Crippen LogP contribution in [0.15, 0.2) is 0 Å². The van der Waals surface area contributed by atoms with Gasteiger partial charge in [-0.15, -0.1) is 0 Å². The van der Waals surface area contributed by atoms with Gasteiger partial charge < -0.3 is 5.11 Å². The van der Waals surface area contributed by atoms with Gasteiger partial charge >= 0.3 is 0 Å². The first-order chi connectivity index (χ1) is 10.4. The van der Waals surface area contributed by atoms with E-state index >= 15 is 0 Å².